The van der Waals surface area contributed by atoms with Crippen LogP contribution in [0.15, 0.2) is 54.6 Å². The summed E-state index contributed by atoms with van der Waals surface area (Å²) in [4.78, 5) is 41.5. The zero-order chi connectivity index (χ0) is 30.3. The van der Waals surface area contributed by atoms with Gasteiger partial charge in [0.1, 0.15) is 11.4 Å². The van der Waals surface area contributed by atoms with Crippen molar-refractivity contribution >= 4 is 40.7 Å². The lowest BCUT2D eigenvalue weighted by Gasteiger charge is -2.30. The van der Waals surface area contributed by atoms with Crippen LogP contribution < -0.4 is 15.0 Å². The summed E-state index contributed by atoms with van der Waals surface area (Å²) in [5.41, 5.74) is 2.37. The van der Waals surface area contributed by atoms with Gasteiger partial charge in [0.2, 0.25) is 0 Å². The highest BCUT2D eigenvalue weighted by molar-refractivity contribution is 7.18. The molecule has 0 bridgehead atoms. The van der Waals surface area contributed by atoms with Gasteiger partial charge in [0.05, 0.1) is 7.11 Å². The van der Waals surface area contributed by atoms with Gasteiger partial charge >= 0.3 is 18.0 Å². The predicted molar refractivity (Wildman–Crippen MR) is 167 cm³/mol. The van der Waals surface area contributed by atoms with Crippen molar-refractivity contribution in [3.63, 3.8) is 0 Å². The van der Waals surface area contributed by atoms with Gasteiger partial charge in [-0.05, 0) is 76.3 Å². The van der Waals surface area contributed by atoms with E-state index in [0.717, 1.165) is 34.7 Å². The van der Waals surface area contributed by atoms with Crippen molar-refractivity contribution in [1.82, 2.24) is 0 Å². The van der Waals surface area contributed by atoms with Crippen LogP contribution in [-0.2, 0) is 14.3 Å². The van der Waals surface area contributed by atoms with Gasteiger partial charge in [-0.25, -0.2) is 14.4 Å². The molecule has 2 aromatic carbocycles. The number of thiophene rings is 1. The lowest BCUT2D eigenvalue weighted by atomic mass is 9.89. The van der Waals surface area contributed by atoms with E-state index in [-0.39, 0.29) is 17.5 Å². The minimum absolute atomic E-state index is 0.191. The number of methoxy groups -OCH3 is 1. The Morgan fingerprint density at radius 3 is 2.38 bits per heavy atom. The summed E-state index contributed by atoms with van der Waals surface area (Å²) in [6.07, 6.45) is 5.78. The number of nitrogens with one attached hydrogen (secondary N) is 1. The van der Waals surface area contributed by atoms with Crippen molar-refractivity contribution in [2.45, 2.75) is 65.4 Å². The van der Waals surface area contributed by atoms with Crippen LogP contribution in [0.4, 0.5) is 16.2 Å². The minimum Gasteiger partial charge on any atom is -0.480 e. The molecule has 0 saturated heterocycles. The number of hydrogen-bond acceptors (Lipinski definition) is 7. The number of rotatable bonds is 9. The number of nitrogens with zero attached hydrogens (tertiary/aromatic N) is 1. The number of amides is 2. The molecule has 0 radical (unpaired) electrons. The van der Waals surface area contributed by atoms with Gasteiger partial charge in [0.15, 0.2) is 11.5 Å². The van der Waals surface area contributed by atoms with E-state index in [1.807, 2.05) is 66.4 Å². The first kappa shape index (κ1) is 31.1. The van der Waals surface area contributed by atoms with Crippen molar-refractivity contribution in [2.24, 2.45) is 5.92 Å². The summed E-state index contributed by atoms with van der Waals surface area (Å²) in [5, 5.41) is 3.04. The Balaban J connectivity index is 1.65. The number of anilines is 2. The van der Waals surface area contributed by atoms with Gasteiger partial charge in [0.25, 0.3) is 0 Å². The Morgan fingerprint density at radius 1 is 1.00 bits per heavy atom. The molecule has 4 rings (SSSR count). The number of carbonyl (C=O) groups is 3. The SMILES string of the molecule is COC(=O)c1sc(-c2cccc(N(CC3CCCCC3)C(=O)Nc3ccccc3)c2)c(C)c1OCC(=O)OC(C)(C)C. The number of urea groups is 1. The number of carbonyl (C=O) groups excluding carboxylic acids is 3. The summed E-state index contributed by atoms with van der Waals surface area (Å²) in [7, 11) is 1.31. The van der Waals surface area contributed by atoms with E-state index < -0.39 is 17.5 Å². The number of benzene rings is 2. The molecular weight excluding hydrogens is 552 g/mol. The Labute approximate surface area is 252 Å². The van der Waals surface area contributed by atoms with Crippen molar-refractivity contribution in [3.05, 3.63) is 65.0 Å². The topological polar surface area (TPSA) is 94.2 Å². The monoisotopic (exact) mass is 592 g/mol. The normalized spacial score (nSPS) is 13.7. The molecule has 1 fully saturated rings. The molecule has 1 saturated carbocycles. The van der Waals surface area contributed by atoms with Crippen LogP contribution in [0.5, 0.6) is 5.75 Å². The standard InChI is InChI=1S/C33H40N2O6S/c1-22-28(40-21-27(36)41-33(2,3)4)30(31(37)39-5)42-29(22)24-15-12-18-26(19-24)35(20-23-13-8-6-9-14-23)32(38)34-25-16-10-7-11-17-25/h7,10-12,15-19,23H,6,8-9,13-14,20-21H2,1-5H3,(H,34,38). The van der Waals surface area contributed by atoms with Gasteiger partial charge in [-0.1, -0.05) is 49.6 Å². The quantitative estimate of drug-likeness (QED) is 0.254. The van der Waals surface area contributed by atoms with Gasteiger partial charge in [-0.2, -0.15) is 0 Å². The second-order valence-electron chi connectivity index (χ2n) is 11.5. The van der Waals surface area contributed by atoms with E-state index in [1.165, 1.54) is 37.7 Å². The molecule has 3 aromatic rings. The average molecular weight is 593 g/mol. The van der Waals surface area contributed by atoms with Gasteiger partial charge in [-0.3, -0.25) is 4.90 Å². The second-order valence-corrected chi connectivity index (χ2v) is 12.6. The summed E-state index contributed by atoms with van der Waals surface area (Å²) < 4.78 is 16.2. The highest BCUT2D eigenvalue weighted by Gasteiger charge is 2.27. The highest BCUT2D eigenvalue weighted by Crippen LogP contribution is 2.43. The summed E-state index contributed by atoms with van der Waals surface area (Å²) in [5.74, 6) is -0.369. The van der Waals surface area contributed by atoms with E-state index in [0.29, 0.717) is 23.8 Å². The number of para-hydroxylation sites is 1. The van der Waals surface area contributed by atoms with E-state index in [9.17, 15) is 14.4 Å². The van der Waals surface area contributed by atoms with Gasteiger partial charge < -0.3 is 19.5 Å². The van der Waals surface area contributed by atoms with Gasteiger partial charge in [-0.15, -0.1) is 11.3 Å². The van der Waals surface area contributed by atoms with Crippen LogP contribution >= 0.6 is 11.3 Å². The van der Waals surface area contributed by atoms with E-state index in [4.69, 9.17) is 14.2 Å². The van der Waals surface area contributed by atoms with Crippen LogP contribution in [0.1, 0.15) is 68.1 Å². The van der Waals surface area contributed by atoms with Crippen molar-refractivity contribution in [3.8, 4) is 16.2 Å². The fourth-order valence-corrected chi connectivity index (χ4v) is 6.30. The molecule has 1 aliphatic carbocycles. The van der Waals surface area contributed by atoms with Crippen molar-refractivity contribution in [2.75, 3.05) is 30.5 Å². The first-order valence-corrected chi connectivity index (χ1v) is 15.2. The van der Waals surface area contributed by atoms with Crippen molar-refractivity contribution < 1.29 is 28.6 Å². The molecule has 8 nitrogen and oxygen atoms in total. The maximum absolute atomic E-state index is 13.6. The number of hydrogen-bond donors (Lipinski definition) is 1. The predicted octanol–water partition coefficient (Wildman–Crippen LogP) is 7.85. The molecule has 0 spiro atoms. The third-order valence-electron chi connectivity index (χ3n) is 7.07. The van der Waals surface area contributed by atoms with Crippen LogP contribution in [0.3, 0.4) is 0 Å². The molecule has 1 aliphatic rings. The Hall–Kier alpha value is -3.85. The summed E-state index contributed by atoms with van der Waals surface area (Å²) in [6, 6.07) is 17.0. The zero-order valence-electron chi connectivity index (χ0n) is 25.0. The maximum Gasteiger partial charge on any atom is 0.351 e. The Morgan fingerprint density at radius 2 is 1.71 bits per heavy atom. The van der Waals surface area contributed by atoms with Crippen molar-refractivity contribution in [1.29, 1.82) is 0 Å². The lowest BCUT2D eigenvalue weighted by molar-refractivity contribution is -0.157. The first-order chi connectivity index (χ1) is 20.1. The third-order valence-corrected chi connectivity index (χ3v) is 8.37. The van der Waals surface area contributed by atoms with Crippen LogP contribution in [0.25, 0.3) is 10.4 Å². The molecule has 9 heteroatoms. The van der Waals surface area contributed by atoms with Crippen LogP contribution in [0.2, 0.25) is 0 Å². The molecule has 2 amide bonds. The highest BCUT2D eigenvalue weighted by atomic mass is 32.1. The van der Waals surface area contributed by atoms with E-state index >= 15 is 0 Å². The average Bonchev–Trinajstić information content (AvgIpc) is 3.30. The minimum atomic E-state index is -0.656. The fraction of sp³-hybridized carbons (Fsp3) is 0.424. The molecular formula is C33H40N2O6S. The molecule has 1 heterocycles. The lowest BCUT2D eigenvalue weighted by Crippen LogP contribution is -2.39. The Bertz CT molecular complexity index is 1390. The summed E-state index contributed by atoms with van der Waals surface area (Å²) >= 11 is 1.23. The fourth-order valence-electron chi connectivity index (χ4n) is 5.14. The van der Waals surface area contributed by atoms with E-state index in [2.05, 4.69) is 5.32 Å². The zero-order valence-corrected chi connectivity index (χ0v) is 25.8. The number of esters is 2. The molecule has 0 unspecified atom stereocenters. The first-order valence-electron chi connectivity index (χ1n) is 14.4. The molecule has 42 heavy (non-hydrogen) atoms. The largest absolute Gasteiger partial charge is 0.480 e. The Kier molecular flexibility index (Phi) is 10.3. The van der Waals surface area contributed by atoms with Crippen LogP contribution in [-0.4, -0.2) is 43.8 Å². The second kappa shape index (κ2) is 13.9. The molecule has 0 atom stereocenters. The number of ether oxygens (including phenoxy) is 3. The summed E-state index contributed by atoms with van der Waals surface area (Å²) in [6.45, 7) is 7.46. The van der Waals surface area contributed by atoms with E-state index in [1.54, 1.807) is 20.8 Å². The molecule has 1 aromatic heterocycles. The molecule has 0 aliphatic heterocycles. The van der Waals surface area contributed by atoms with Gasteiger partial charge in [0, 0.05) is 28.4 Å². The third kappa shape index (κ3) is 8.12. The molecule has 224 valence electrons. The molecule has 1 N–H and O–H groups in total. The van der Waals surface area contributed by atoms with Crippen LogP contribution in [0, 0.1) is 12.8 Å². The maximum atomic E-state index is 13.6. The smallest absolute Gasteiger partial charge is 0.351 e.